The normalized spacial score (nSPS) is 25.4. The van der Waals surface area contributed by atoms with Crippen molar-refractivity contribution >= 4 is 16.7 Å². The predicted molar refractivity (Wildman–Crippen MR) is 122 cm³/mol. The molecule has 4 nitrogen and oxygen atoms in total. The molecule has 0 radical (unpaired) electrons. The molecule has 1 aromatic heterocycles. The molecule has 2 aliphatic rings. The van der Waals surface area contributed by atoms with Gasteiger partial charge in [-0.25, -0.2) is 0 Å². The summed E-state index contributed by atoms with van der Waals surface area (Å²) in [6.45, 7) is 7.11. The van der Waals surface area contributed by atoms with Crippen LogP contribution in [0.25, 0.3) is 10.8 Å². The first-order valence-corrected chi connectivity index (χ1v) is 11.9. The number of carbonyl (C=O) groups is 1. The largest absolute Gasteiger partial charge is 0.471 e. The Balaban J connectivity index is 1.30. The lowest BCUT2D eigenvalue weighted by atomic mass is 9.96. The van der Waals surface area contributed by atoms with Crippen LogP contribution in [0.1, 0.15) is 63.9 Å². The average molecular weight is 410 g/mol. The van der Waals surface area contributed by atoms with Crippen molar-refractivity contribution in [2.24, 2.45) is 0 Å². The van der Waals surface area contributed by atoms with E-state index in [1.165, 1.54) is 69.2 Å². The lowest BCUT2D eigenvalue weighted by Gasteiger charge is -2.44. The van der Waals surface area contributed by atoms with Gasteiger partial charge in [0.15, 0.2) is 0 Å². The number of nitrogens with one attached hydrogen (secondary N) is 1. The summed E-state index contributed by atoms with van der Waals surface area (Å²) in [6.07, 6.45) is 16.7. The summed E-state index contributed by atoms with van der Waals surface area (Å²) in [4.78, 5) is 12.7. The number of piperidine rings is 1. The Labute approximate surface area is 180 Å². The zero-order valence-electron chi connectivity index (χ0n) is 18.5. The number of furan rings is 1. The van der Waals surface area contributed by atoms with Gasteiger partial charge in [0.1, 0.15) is 6.54 Å². The van der Waals surface area contributed by atoms with Crippen LogP contribution in [-0.4, -0.2) is 42.6 Å². The van der Waals surface area contributed by atoms with E-state index in [0.717, 1.165) is 29.2 Å². The minimum atomic E-state index is 0.132. The summed E-state index contributed by atoms with van der Waals surface area (Å²) in [6, 6.07) is 6.36. The summed E-state index contributed by atoms with van der Waals surface area (Å²) in [5, 5.41) is 5.42. The number of hydrogen-bond donors (Lipinski definition) is 1. The molecule has 1 aliphatic heterocycles. The molecule has 0 spiro atoms. The number of benzene rings is 1. The summed E-state index contributed by atoms with van der Waals surface area (Å²) in [7, 11) is 0. The second-order valence-electron chi connectivity index (χ2n) is 9.39. The smallest absolute Gasteiger partial charge is 0.224 e. The van der Waals surface area contributed by atoms with Gasteiger partial charge in [-0.3, -0.25) is 4.79 Å². The number of allylic oxidation sites excluding steroid dienone is 1. The first kappa shape index (κ1) is 21.2. The van der Waals surface area contributed by atoms with E-state index < -0.39 is 0 Å². The number of carbonyl (C=O) groups excluding carboxylic acids is 1. The first-order valence-electron chi connectivity index (χ1n) is 11.9. The van der Waals surface area contributed by atoms with E-state index in [0.29, 0.717) is 12.5 Å². The molecule has 0 unspecified atom stereocenters. The van der Waals surface area contributed by atoms with Gasteiger partial charge in [0.05, 0.1) is 38.6 Å². The molecule has 4 rings (SSSR count). The van der Waals surface area contributed by atoms with Gasteiger partial charge in [-0.15, -0.1) is 0 Å². The summed E-state index contributed by atoms with van der Waals surface area (Å²) >= 11 is 0. The van der Waals surface area contributed by atoms with Gasteiger partial charge in [-0.2, -0.15) is 0 Å². The third-order valence-electron chi connectivity index (χ3n) is 7.33. The van der Waals surface area contributed by atoms with E-state index in [9.17, 15) is 4.79 Å². The molecule has 1 fully saturated rings. The summed E-state index contributed by atoms with van der Waals surface area (Å²) in [5.74, 6) is 0.132. The third kappa shape index (κ3) is 5.15. The monoisotopic (exact) mass is 409 g/mol. The fraction of sp³-hybridized carbons (Fsp3) is 0.577. The molecule has 1 saturated heterocycles. The molecular formula is C26H37N2O2+. The highest BCUT2D eigenvalue weighted by atomic mass is 16.3. The number of fused-ring (bicyclic) bond motifs is 1. The minimum Gasteiger partial charge on any atom is -0.471 e. The van der Waals surface area contributed by atoms with Crippen LogP contribution in [0.4, 0.5) is 0 Å². The Morgan fingerprint density at radius 3 is 2.80 bits per heavy atom. The Kier molecular flexibility index (Phi) is 6.93. The predicted octanol–water partition coefficient (Wildman–Crippen LogP) is 5.37. The average Bonchev–Trinajstić information content (AvgIpc) is 3.21. The van der Waals surface area contributed by atoms with E-state index in [1.54, 1.807) is 18.1 Å². The number of amides is 1. The van der Waals surface area contributed by atoms with E-state index in [1.807, 2.05) is 18.2 Å². The first-order chi connectivity index (χ1) is 14.7. The maximum atomic E-state index is 12.7. The molecule has 1 aliphatic carbocycles. The van der Waals surface area contributed by atoms with Crippen molar-refractivity contribution in [3.05, 3.63) is 47.9 Å². The second kappa shape index (κ2) is 9.82. The van der Waals surface area contributed by atoms with Gasteiger partial charge in [0.25, 0.3) is 0 Å². The topological polar surface area (TPSA) is 42.2 Å². The van der Waals surface area contributed by atoms with Crippen LogP contribution in [0.3, 0.4) is 0 Å². The van der Waals surface area contributed by atoms with Crippen molar-refractivity contribution in [2.75, 3.05) is 26.2 Å². The van der Waals surface area contributed by atoms with Gasteiger partial charge in [-0.1, -0.05) is 37.1 Å². The third-order valence-corrected chi connectivity index (χ3v) is 7.33. The van der Waals surface area contributed by atoms with Crippen molar-refractivity contribution < 1.29 is 13.7 Å². The quantitative estimate of drug-likeness (QED) is 0.515. The van der Waals surface area contributed by atoms with E-state index in [-0.39, 0.29) is 5.91 Å². The summed E-state index contributed by atoms with van der Waals surface area (Å²) < 4.78 is 6.51. The SMILES string of the molecule is CC[N+]1(CC2=CCCCCCC2)CCC(NC(=O)Cc2cccc3cocc23)CC1. The molecule has 2 aromatic rings. The fourth-order valence-corrected chi connectivity index (χ4v) is 5.34. The molecule has 1 N–H and O–H groups in total. The van der Waals surface area contributed by atoms with Gasteiger partial charge in [0.2, 0.25) is 5.91 Å². The number of hydrogen-bond acceptors (Lipinski definition) is 2. The van der Waals surface area contributed by atoms with Crippen LogP contribution in [0.5, 0.6) is 0 Å². The molecule has 1 aromatic carbocycles. The van der Waals surface area contributed by atoms with Crippen LogP contribution in [-0.2, 0) is 11.2 Å². The molecule has 0 saturated carbocycles. The van der Waals surface area contributed by atoms with E-state index >= 15 is 0 Å². The molecule has 1 amide bonds. The number of likely N-dealkylation sites (N-methyl/N-ethyl adjacent to an activating group) is 1. The molecular weight excluding hydrogens is 372 g/mol. The zero-order valence-corrected chi connectivity index (χ0v) is 18.5. The van der Waals surface area contributed by atoms with Crippen LogP contribution in [0.15, 0.2) is 46.8 Å². The Morgan fingerprint density at radius 1 is 1.13 bits per heavy atom. The number of rotatable bonds is 6. The van der Waals surface area contributed by atoms with E-state index in [4.69, 9.17) is 4.42 Å². The summed E-state index contributed by atoms with van der Waals surface area (Å²) in [5.41, 5.74) is 2.73. The van der Waals surface area contributed by atoms with Gasteiger partial charge in [-0.05, 0) is 43.7 Å². The Morgan fingerprint density at radius 2 is 1.97 bits per heavy atom. The second-order valence-corrected chi connectivity index (χ2v) is 9.39. The number of quaternary nitrogens is 1. The Hall–Kier alpha value is -2.07. The van der Waals surface area contributed by atoms with Crippen molar-refractivity contribution in [1.29, 1.82) is 0 Å². The molecule has 0 atom stereocenters. The molecule has 0 bridgehead atoms. The van der Waals surface area contributed by atoms with Gasteiger partial charge >= 0.3 is 0 Å². The van der Waals surface area contributed by atoms with Gasteiger partial charge < -0.3 is 14.2 Å². The molecule has 162 valence electrons. The molecule has 30 heavy (non-hydrogen) atoms. The van der Waals surface area contributed by atoms with Crippen molar-refractivity contribution in [3.63, 3.8) is 0 Å². The van der Waals surface area contributed by atoms with Crippen molar-refractivity contribution in [1.82, 2.24) is 5.32 Å². The number of nitrogens with zero attached hydrogens (tertiary/aromatic N) is 1. The lowest BCUT2D eigenvalue weighted by molar-refractivity contribution is -0.927. The highest BCUT2D eigenvalue weighted by Gasteiger charge is 2.33. The minimum absolute atomic E-state index is 0.132. The van der Waals surface area contributed by atoms with Crippen molar-refractivity contribution in [2.45, 2.75) is 70.8 Å². The van der Waals surface area contributed by atoms with Crippen LogP contribution in [0, 0.1) is 0 Å². The van der Waals surface area contributed by atoms with Crippen LogP contribution in [0.2, 0.25) is 0 Å². The van der Waals surface area contributed by atoms with Crippen LogP contribution >= 0.6 is 0 Å². The highest BCUT2D eigenvalue weighted by molar-refractivity contribution is 5.89. The van der Waals surface area contributed by atoms with Crippen LogP contribution < -0.4 is 5.32 Å². The molecule has 2 heterocycles. The lowest BCUT2D eigenvalue weighted by Crippen LogP contribution is -2.57. The zero-order chi connectivity index (χ0) is 20.8. The standard InChI is InChI=1S/C26H36N2O2/c1-2-28(18-21-9-6-4-3-5-7-10-21)15-13-24(14-16-28)27-26(29)17-22-11-8-12-23-19-30-20-25(22)23/h8-9,11-12,19-20,24H,2-7,10,13-18H2,1H3/p+1. The molecule has 4 heteroatoms. The maximum Gasteiger partial charge on any atom is 0.224 e. The maximum absolute atomic E-state index is 12.7. The highest BCUT2D eigenvalue weighted by Crippen LogP contribution is 2.26. The number of likely N-dealkylation sites (tertiary alicyclic amines) is 1. The van der Waals surface area contributed by atoms with E-state index in [2.05, 4.69) is 18.3 Å². The van der Waals surface area contributed by atoms with Crippen molar-refractivity contribution in [3.8, 4) is 0 Å². The Bertz CT molecular complexity index is 874. The van der Waals surface area contributed by atoms with Gasteiger partial charge in [0, 0.05) is 29.7 Å². The fourth-order valence-electron chi connectivity index (χ4n) is 5.34.